The SMILES string of the molecule is Cc1nn(CC2(Cn3cncn3)CC2)cc1[N+](=O)[O-]. The zero-order valence-electron chi connectivity index (χ0n) is 10.6. The van der Waals surface area contributed by atoms with Crippen molar-refractivity contribution in [2.45, 2.75) is 32.9 Å². The number of aryl methyl sites for hydroxylation is 1. The van der Waals surface area contributed by atoms with E-state index in [1.165, 1.54) is 12.5 Å². The van der Waals surface area contributed by atoms with Gasteiger partial charge in [-0.1, -0.05) is 0 Å². The van der Waals surface area contributed by atoms with Crippen molar-refractivity contribution in [2.75, 3.05) is 0 Å². The van der Waals surface area contributed by atoms with Gasteiger partial charge in [0.2, 0.25) is 0 Å². The van der Waals surface area contributed by atoms with E-state index in [9.17, 15) is 10.1 Å². The van der Waals surface area contributed by atoms with Crippen LogP contribution in [0, 0.1) is 22.5 Å². The Morgan fingerprint density at radius 3 is 2.68 bits per heavy atom. The highest BCUT2D eigenvalue weighted by Crippen LogP contribution is 2.48. The molecule has 0 unspecified atom stereocenters. The standard InChI is InChI=1S/C11H14N6O2/c1-9-10(17(18)19)4-15(14-9)5-11(2-3-11)6-16-8-12-7-13-16/h4,7-8H,2-3,5-6H2,1H3. The summed E-state index contributed by atoms with van der Waals surface area (Å²) in [6.07, 6.45) is 6.88. The van der Waals surface area contributed by atoms with E-state index < -0.39 is 4.92 Å². The fourth-order valence-electron chi connectivity index (χ4n) is 2.31. The van der Waals surface area contributed by atoms with Crippen LogP contribution in [0.15, 0.2) is 18.9 Å². The van der Waals surface area contributed by atoms with Crippen molar-refractivity contribution in [2.24, 2.45) is 5.41 Å². The Morgan fingerprint density at radius 1 is 1.42 bits per heavy atom. The second-order valence-corrected chi connectivity index (χ2v) is 5.15. The van der Waals surface area contributed by atoms with Crippen LogP contribution in [0.3, 0.4) is 0 Å². The summed E-state index contributed by atoms with van der Waals surface area (Å²) in [6.45, 7) is 3.12. The van der Waals surface area contributed by atoms with E-state index in [1.807, 2.05) is 0 Å². The molecule has 3 rings (SSSR count). The maximum atomic E-state index is 10.8. The Kier molecular flexibility index (Phi) is 2.58. The molecule has 0 saturated heterocycles. The number of nitrogens with zero attached hydrogens (tertiary/aromatic N) is 6. The monoisotopic (exact) mass is 262 g/mol. The molecular formula is C11H14N6O2. The smallest absolute Gasteiger partial charge is 0.265 e. The van der Waals surface area contributed by atoms with Crippen LogP contribution >= 0.6 is 0 Å². The molecule has 2 aromatic rings. The first-order chi connectivity index (χ1) is 9.08. The van der Waals surface area contributed by atoms with Crippen LogP contribution in [0.1, 0.15) is 18.5 Å². The molecule has 0 N–H and O–H groups in total. The third-order valence-corrected chi connectivity index (χ3v) is 3.54. The van der Waals surface area contributed by atoms with Crippen LogP contribution in [0.25, 0.3) is 0 Å². The Labute approximate surface area is 109 Å². The summed E-state index contributed by atoms with van der Waals surface area (Å²) in [7, 11) is 0. The third kappa shape index (κ3) is 2.33. The molecule has 1 saturated carbocycles. The largest absolute Gasteiger partial charge is 0.309 e. The van der Waals surface area contributed by atoms with Crippen LogP contribution in [0.5, 0.6) is 0 Å². The van der Waals surface area contributed by atoms with E-state index in [1.54, 1.807) is 22.6 Å². The minimum absolute atomic E-state index is 0.0801. The first-order valence-corrected chi connectivity index (χ1v) is 6.09. The summed E-state index contributed by atoms with van der Waals surface area (Å²) in [5, 5.41) is 19.1. The summed E-state index contributed by atoms with van der Waals surface area (Å²) in [4.78, 5) is 14.3. The van der Waals surface area contributed by atoms with E-state index in [-0.39, 0.29) is 11.1 Å². The lowest BCUT2D eigenvalue weighted by molar-refractivity contribution is -0.385. The van der Waals surface area contributed by atoms with Gasteiger partial charge in [-0.2, -0.15) is 10.2 Å². The molecule has 100 valence electrons. The van der Waals surface area contributed by atoms with E-state index in [2.05, 4.69) is 15.2 Å². The van der Waals surface area contributed by atoms with Gasteiger partial charge in [0.25, 0.3) is 0 Å². The van der Waals surface area contributed by atoms with Gasteiger partial charge in [-0.3, -0.25) is 19.5 Å². The molecule has 0 radical (unpaired) electrons. The van der Waals surface area contributed by atoms with Crippen molar-refractivity contribution in [3.05, 3.63) is 34.7 Å². The van der Waals surface area contributed by atoms with Gasteiger partial charge in [-0.05, 0) is 19.8 Å². The summed E-state index contributed by atoms with van der Waals surface area (Å²) in [5.41, 5.74) is 0.651. The molecule has 2 heterocycles. The highest BCUT2D eigenvalue weighted by Gasteiger charge is 2.44. The summed E-state index contributed by atoms with van der Waals surface area (Å²) < 4.78 is 3.48. The summed E-state index contributed by atoms with van der Waals surface area (Å²) >= 11 is 0. The minimum atomic E-state index is -0.393. The first-order valence-electron chi connectivity index (χ1n) is 6.09. The van der Waals surface area contributed by atoms with Crippen molar-refractivity contribution < 1.29 is 4.92 Å². The van der Waals surface area contributed by atoms with Gasteiger partial charge in [-0.25, -0.2) is 4.98 Å². The summed E-state index contributed by atoms with van der Waals surface area (Å²) in [6, 6.07) is 0. The van der Waals surface area contributed by atoms with Crippen molar-refractivity contribution in [1.82, 2.24) is 24.5 Å². The van der Waals surface area contributed by atoms with Gasteiger partial charge in [0.05, 0.1) is 11.5 Å². The van der Waals surface area contributed by atoms with Gasteiger partial charge < -0.3 is 0 Å². The van der Waals surface area contributed by atoms with E-state index in [0.29, 0.717) is 12.2 Å². The summed E-state index contributed by atoms with van der Waals surface area (Å²) in [5.74, 6) is 0. The number of aromatic nitrogens is 5. The lowest BCUT2D eigenvalue weighted by Crippen LogP contribution is -2.19. The molecule has 8 nitrogen and oxygen atoms in total. The lowest BCUT2D eigenvalue weighted by atomic mass is 10.1. The second-order valence-electron chi connectivity index (χ2n) is 5.15. The number of nitro groups is 1. The molecule has 2 aromatic heterocycles. The zero-order valence-corrected chi connectivity index (χ0v) is 10.6. The van der Waals surface area contributed by atoms with Crippen molar-refractivity contribution in [3.8, 4) is 0 Å². The molecule has 0 bridgehead atoms. The van der Waals surface area contributed by atoms with Gasteiger partial charge in [0.15, 0.2) is 0 Å². The van der Waals surface area contributed by atoms with Crippen LogP contribution in [0.2, 0.25) is 0 Å². The number of hydrogen-bond acceptors (Lipinski definition) is 5. The molecule has 19 heavy (non-hydrogen) atoms. The van der Waals surface area contributed by atoms with Gasteiger partial charge in [0, 0.05) is 12.0 Å². The van der Waals surface area contributed by atoms with Crippen LogP contribution in [0.4, 0.5) is 5.69 Å². The van der Waals surface area contributed by atoms with Crippen molar-refractivity contribution in [1.29, 1.82) is 0 Å². The second kappa shape index (κ2) is 4.15. The number of hydrogen-bond donors (Lipinski definition) is 0. The molecule has 0 amide bonds. The predicted octanol–water partition coefficient (Wildman–Crippen LogP) is 1.17. The predicted molar refractivity (Wildman–Crippen MR) is 65.3 cm³/mol. The Balaban J connectivity index is 1.74. The van der Waals surface area contributed by atoms with Gasteiger partial charge in [0.1, 0.15) is 24.5 Å². The molecule has 0 atom stereocenters. The third-order valence-electron chi connectivity index (χ3n) is 3.54. The Hall–Kier alpha value is -2.25. The number of rotatable bonds is 5. The first kappa shape index (κ1) is 11.8. The fourth-order valence-corrected chi connectivity index (χ4v) is 2.31. The maximum absolute atomic E-state index is 10.8. The molecule has 1 fully saturated rings. The molecule has 8 heteroatoms. The lowest BCUT2D eigenvalue weighted by Gasteiger charge is -2.14. The molecular weight excluding hydrogens is 248 g/mol. The molecule has 0 aromatic carbocycles. The van der Waals surface area contributed by atoms with Crippen LogP contribution in [-0.2, 0) is 13.1 Å². The normalized spacial score (nSPS) is 16.5. The average molecular weight is 262 g/mol. The van der Waals surface area contributed by atoms with Gasteiger partial charge >= 0.3 is 5.69 Å². The Morgan fingerprint density at radius 2 is 2.16 bits per heavy atom. The average Bonchev–Trinajstić information content (AvgIpc) is 2.74. The molecule has 1 aliphatic carbocycles. The molecule has 1 aliphatic rings. The minimum Gasteiger partial charge on any atom is -0.265 e. The highest BCUT2D eigenvalue weighted by atomic mass is 16.6. The topological polar surface area (TPSA) is 91.7 Å². The quantitative estimate of drug-likeness (QED) is 0.595. The van der Waals surface area contributed by atoms with E-state index >= 15 is 0 Å². The Bertz CT molecular complexity index is 599. The maximum Gasteiger partial charge on any atom is 0.309 e. The van der Waals surface area contributed by atoms with Crippen LogP contribution in [-0.4, -0.2) is 29.5 Å². The molecule has 0 aliphatic heterocycles. The van der Waals surface area contributed by atoms with Crippen LogP contribution < -0.4 is 0 Å². The fraction of sp³-hybridized carbons (Fsp3) is 0.545. The zero-order chi connectivity index (χ0) is 13.5. The molecule has 0 spiro atoms. The van der Waals surface area contributed by atoms with E-state index in [0.717, 1.165) is 19.4 Å². The van der Waals surface area contributed by atoms with Crippen molar-refractivity contribution in [3.63, 3.8) is 0 Å². The van der Waals surface area contributed by atoms with Gasteiger partial charge in [-0.15, -0.1) is 0 Å². The highest BCUT2D eigenvalue weighted by molar-refractivity contribution is 5.31. The van der Waals surface area contributed by atoms with Crippen molar-refractivity contribution >= 4 is 5.69 Å². The van der Waals surface area contributed by atoms with E-state index in [4.69, 9.17) is 0 Å².